The van der Waals surface area contributed by atoms with Crippen molar-refractivity contribution in [2.24, 2.45) is 0 Å². The molecule has 1 rings (SSSR count). The molecular formula is C9H18LiNO2. The predicted molar refractivity (Wildman–Crippen MR) is 54.4 cm³/mol. The van der Waals surface area contributed by atoms with E-state index < -0.39 is 6.09 Å². The van der Waals surface area contributed by atoms with Crippen molar-refractivity contribution in [3.8, 4) is 0 Å². The molecule has 1 amide bonds. The van der Waals surface area contributed by atoms with Gasteiger partial charge in [0, 0.05) is 11.1 Å². The summed E-state index contributed by atoms with van der Waals surface area (Å²) in [6.45, 7) is 7.93. The third kappa shape index (κ3) is 2.21. The second-order valence-electron chi connectivity index (χ2n) is 4.74. The van der Waals surface area contributed by atoms with Crippen LogP contribution in [0.1, 0.15) is 40.5 Å². The monoisotopic (exact) mass is 179 g/mol. The van der Waals surface area contributed by atoms with Gasteiger partial charge in [-0.2, -0.15) is 0 Å². The van der Waals surface area contributed by atoms with E-state index in [4.69, 9.17) is 5.11 Å². The van der Waals surface area contributed by atoms with E-state index in [1.807, 2.05) is 27.7 Å². The van der Waals surface area contributed by atoms with Crippen LogP contribution in [-0.4, -0.2) is 46.0 Å². The van der Waals surface area contributed by atoms with Crippen molar-refractivity contribution >= 4 is 25.0 Å². The molecule has 3 nitrogen and oxygen atoms in total. The topological polar surface area (TPSA) is 40.5 Å². The Morgan fingerprint density at radius 1 is 1.15 bits per heavy atom. The third-order valence-corrected chi connectivity index (χ3v) is 2.75. The first kappa shape index (κ1) is 12.9. The average Bonchev–Trinajstić information content (AvgIpc) is 2.01. The van der Waals surface area contributed by atoms with Crippen molar-refractivity contribution in [2.75, 3.05) is 0 Å². The van der Waals surface area contributed by atoms with Crippen LogP contribution in [0.3, 0.4) is 0 Å². The van der Waals surface area contributed by atoms with Crippen LogP contribution in [-0.2, 0) is 0 Å². The van der Waals surface area contributed by atoms with Crippen molar-refractivity contribution in [3.63, 3.8) is 0 Å². The van der Waals surface area contributed by atoms with Crippen LogP contribution in [0.25, 0.3) is 0 Å². The fourth-order valence-corrected chi connectivity index (χ4v) is 2.17. The minimum atomic E-state index is -0.803. The van der Waals surface area contributed by atoms with Crippen LogP contribution in [0.2, 0.25) is 0 Å². The van der Waals surface area contributed by atoms with Crippen molar-refractivity contribution in [1.82, 2.24) is 4.90 Å². The summed E-state index contributed by atoms with van der Waals surface area (Å²) in [5.41, 5.74) is -0.398. The summed E-state index contributed by atoms with van der Waals surface area (Å²) in [7, 11) is 0. The summed E-state index contributed by atoms with van der Waals surface area (Å²) in [5, 5.41) is 9.01. The van der Waals surface area contributed by atoms with Gasteiger partial charge in [0.1, 0.15) is 0 Å². The molecule has 72 valence electrons. The van der Waals surface area contributed by atoms with E-state index in [-0.39, 0.29) is 29.9 Å². The van der Waals surface area contributed by atoms with Gasteiger partial charge in [0.25, 0.3) is 0 Å². The molecule has 0 bridgehead atoms. The van der Waals surface area contributed by atoms with Crippen LogP contribution >= 0.6 is 0 Å². The van der Waals surface area contributed by atoms with Gasteiger partial charge in [-0.1, -0.05) is 0 Å². The number of rotatable bonds is 0. The molecular weight excluding hydrogens is 161 g/mol. The molecule has 0 unspecified atom stereocenters. The molecule has 0 aliphatic carbocycles. The quantitative estimate of drug-likeness (QED) is 0.574. The molecule has 1 heterocycles. The average molecular weight is 179 g/mol. The molecule has 0 aromatic heterocycles. The zero-order chi connectivity index (χ0) is 9.57. The molecule has 13 heavy (non-hydrogen) atoms. The zero-order valence-corrected chi connectivity index (χ0v) is 8.22. The van der Waals surface area contributed by atoms with Crippen molar-refractivity contribution in [2.45, 2.75) is 51.6 Å². The second-order valence-corrected chi connectivity index (χ2v) is 4.74. The van der Waals surface area contributed by atoms with Gasteiger partial charge in [0.15, 0.2) is 0 Å². The maximum atomic E-state index is 11.0. The summed E-state index contributed by atoms with van der Waals surface area (Å²) < 4.78 is 0. The summed E-state index contributed by atoms with van der Waals surface area (Å²) in [6.07, 6.45) is 1.10. The van der Waals surface area contributed by atoms with E-state index in [1.165, 1.54) is 0 Å². The van der Waals surface area contributed by atoms with Gasteiger partial charge in [-0.25, -0.2) is 4.79 Å². The molecule has 0 spiro atoms. The molecule has 0 radical (unpaired) electrons. The summed E-state index contributed by atoms with van der Waals surface area (Å²) >= 11 is 0. The number of carboxylic acid groups (broad SMARTS) is 1. The molecule has 1 saturated heterocycles. The Balaban J connectivity index is 0.00000144. The van der Waals surface area contributed by atoms with E-state index >= 15 is 0 Å². The number of likely N-dealkylation sites (tertiary alicyclic amines) is 1. The Labute approximate surface area is 91.7 Å². The first-order valence-corrected chi connectivity index (χ1v) is 4.31. The van der Waals surface area contributed by atoms with Gasteiger partial charge in [0.05, 0.1) is 0 Å². The van der Waals surface area contributed by atoms with E-state index in [1.54, 1.807) is 4.90 Å². The van der Waals surface area contributed by atoms with Gasteiger partial charge in [-0.3, -0.25) is 4.90 Å². The molecule has 1 fully saturated rings. The fourth-order valence-electron chi connectivity index (χ4n) is 2.17. The molecule has 0 saturated carbocycles. The molecule has 0 aromatic carbocycles. The maximum absolute atomic E-state index is 11.0. The number of carbonyl (C=O) groups is 1. The molecule has 1 N–H and O–H groups in total. The van der Waals surface area contributed by atoms with Gasteiger partial charge in [0.2, 0.25) is 0 Å². The predicted octanol–water partition coefficient (Wildman–Crippen LogP) is 1.67. The Kier molecular flexibility index (Phi) is 3.51. The van der Waals surface area contributed by atoms with Crippen LogP contribution in [0.15, 0.2) is 0 Å². The zero-order valence-electron chi connectivity index (χ0n) is 8.22. The number of hydrogen-bond donors (Lipinski definition) is 1. The molecule has 1 aliphatic rings. The van der Waals surface area contributed by atoms with Crippen LogP contribution < -0.4 is 0 Å². The number of hydrogen-bond acceptors (Lipinski definition) is 1. The Bertz CT molecular complexity index is 198. The first-order chi connectivity index (χ1) is 5.27. The number of amides is 1. The van der Waals surface area contributed by atoms with E-state index in [0.717, 1.165) is 12.8 Å². The normalized spacial score (nSPS) is 23.8. The van der Waals surface area contributed by atoms with E-state index in [2.05, 4.69) is 0 Å². The summed E-state index contributed by atoms with van der Waals surface area (Å²) in [4.78, 5) is 12.5. The third-order valence-electron chi connectivity index (χ3n) is 2.75. The molecule has 0 atom stereocenters. The van der Waals surface area contributed by atoms with Gasteiger partial charge in [-0.05, 0) is 40.5 Å². The summed E-state index contributed by atoms with van der Waals surface area (Å²) in [5.74, 6) is 0. The van der Waals surface area contributed by atoms with Crippen molar-refractivity contribution in [3.05, 3.63) is 0 Å². The van der Waals surface area contributed by atoms with E-state index in [0.29, 0.717) is 0 Å². The Morgan fingerprint density at radius 3 is 1.62 bits per heavy atom. The first-order valence-electron chi connectivity index (χ1n) is 4.31. The Morgan fingerprint density at radius 2 is 1.46 bits per heavy atom. The van der Waals surface area contributed by atoms with Crippen molar-refractivity contribution in [1.29, 1.82) is 0 Å². The van der Waals surface area contributed by atoms with Crippen LogP contribution in [0, 0.1) is 0 Å². The molecule has 1 aliphatic heterocycles. The van der Waals surface area contributed by atoms with Crippen molar-refractivity contribution < 1.29 is 9.90 Å². The van der Waals surface area contributed by atoms with Gasteiger partial charge >= 0.3 is 25.0 Å². The SMILES string of the molecule is CC1(C)CCC(C)(C)N1C(=O)O.[LiH]. The number of nitrogens with zero attached hydrogens (tertiary/aromatic N) is 1. The van der Waals surface area contributed by atoms with Gasteiger partial charge < -0.3 is 5.11 Å². The van der Waals surface area contributed by atoms with E-state index in [9.17, 15) is 4.79 Å². The van der Waals surface area contributed by atoms with Gasteiger partial charge in [-0.15, -0.1) is 0 Å². The van der Waals surface area contributed by atoms with Crippen LogP contribution in [0.4, 0.5) is 4.79 Å². The second kappa shape index (κ2) is 3.55. The summed E-state index contributed by atoms with van der Waals surface area (Å²) in [6, 6.07) is 0. The molecule has 0 aromatic rings. The molecule has 4 heteroatoms. The standard InChI is InChI=1S/C9H17NO2.Li.H/c1-8(2)5-6-9(3,4)10(8)7(11)12;;/h5-6H2,1-4H3,(H,11,12);;. The Hall–Kier alpha value is -0.133. The fraction of sp³-hybridized carbons (Fsp3) is 0.889. The van der Waals surface area contributed by atoms with Crippen LogP contribution in [0.5, 0.6) is 0 Å². The minimum absolute atomic E-state index is 0.